The Labute approximate surface area is 179 Å². The fourth-order valence-corrected chi connectivity index (χ4v) is 3.26. The smallest absolute Gasteiger partial charge is 0.257 e. The molecule has 3 aromatic rings. The number of aromatic nitrogens is 1. The van der Waals surface area contributed by atoms with Gasteiger partial charge in [-0.05, 0) is 63.2 Å². The van der Waals surface area contributed by atoms with Crippen LogP contribution in [-0.2, 0) is 4.74 Å². The number of hydrogen-bond acceptors (Lipinski definition) is 4. The van der Waals surface area contributed by atoms with Gasteiger partial charge in [-0.1, -0.05) is 28.1 Å². The van der Waals surface area contributed by atoms with E-state index >= 15 is 0 Å². The number of pyridine rings is 1. The molecule has 5 nitrogen and oxygen atoms in total. The second-order valence-electron chi connectivity index (χ2n) is 6.51. The summed E-state index contributed by atoms with van der Waals surface area (Å²) in [6, 6.07) is 18.5. The van der Waals surface area contributed by atoms with E-state index in [9.17, 15) is 4.79 Å². The first-order chi connectivity index (χ1) is 14.0. The molecule has 1 heterocycles. The van der Waals surface area contributed by atoms with Crippen LogP contribution in [0.4, 0.5) is 5.69 Å². The number of nitrogens with one attached hydrogen (secondary N) is 1. The minimum Gasteiger partial charge on any atom is -0.457 e. The van der Waals surface area contributed by atoms with Gasteiger partial charge < -0.3 is 14.8 Å². The molecule has 1 amide bonds. The molecule has 0 saturated heterocycles. The van der Waals surface area contributed by atoms with E-state index < -0.39 is 0 Å². The molecule has 0 bridgehead atoms. The summed E-state index contributed by atoms with van der Waals surface area (Å²) in [5, 5.41) is 2.91. The lowest BCUT2D eigenvalue weighted by Gasteiger charge is -2.14. The Kier molecular flexibility index (Phi) is 7.01. The van der Waals surface area contributed by atoms with Crippen LogP contribution in [0.5, 0.6) is 11.5 Å². The van der Waals surface area contributed by atoms with Crippen LogP contribution in [0.1, 0.15) is 41.7 Å². The van der Waals surface area contributed by atoms with Crippen LogP contribution in [0.15, 0.2) is 65.1 Å². The van der Waals surface area contributed by atoms with Crippen molar-refractivity contribution >= 4 is 27.5 Å². The van der Waals surface area contributed by atoms with Crippen LogP contribution in [0, 0.1) is 6.92 Å². The van der Waals surface area contributed by atoms with Crippen molar-refractivity contribution in [2.45, 2.75) is 26.9 Å². The lowest BCUT2D eigenvalue weighted by Crippen LogP contribution is -2.15. The van der Waals surface area contributed by atoms with E-state index in [0.29, 0.717) is 35.1 Å². The van der Waals surface area contributed by atoms with E-state index in [2.05, 4.69) is 26.2 Å². The fraction of sp³-hybridized carbons (Fsp3) is 0.217. The molecule has 0 aliphatic carbocycles. The average molecular weight is 455 g/mol. The van der Waals surface area contributed by atoms with Gasteiger partial charge in [0.2, 0.25) is 0 Å². The molecule has 1 unspecified atom stereocenters. The molecule has 0 spiro atoms. The molecule has 0 fully saturated rings. The monoisotopic (exact) mass is 454 g/mol. The molecule has 1 atom stereocenters. The third-order valence-electron chi connectivity index (χ3n) is 4.31. The molecule has 29 heavy (non-hydrogen) atoms. The third-order valence-corrected chi connectivity index (χ3v) is 4.80. The van der Waals surface area contributed by atoms with Crippen LogP contribution in [0.2, 0.25) is 0 Å². The number of carbonyl (C=O) groups is 1. The van der Waals surface area contributed by atoms with Gasteiger partial charge in [0.25, 0.3) is 5.91 Å². The molecule has 0 saturated carbocycles. The summed E-state index contributed by atoms with van der Waals surface area (Å²) < 4.78 is 12.4. The van der Waals surface area contributed by atoms with Crippen LogP contribution >= 0.6 is 15.9 Å². The quantitative estimate of drug-likeness (QED) is 0.455. The van der Waals surface area contributed by atoms with Gasteiger partial charge in [0, 0.05) is 22.8 Å². The predicted molar refractivity (Wildman–Crippen MR) is 118 cm³/mol. The number of carbonyl (C=O) groups excluding carboxylic acids is 1. The highest BCUT2D eigenvalue weighted by Gasteiger charge is 2.14. The second kappa shape index (κ2) is 9.67. The zero-order valence-electron chi connectivity index (χ0n) is 16.6. The first-order valence-electron chi connectivity index (χ1n) is 9.40. The van der Waals surface area contributed by atoms with E-state index in [1.54, 1.807) is 12.1 Å². The summed E-state index contributed by atoms with van der Waals surface area (Å²) in [6.45, 7) is 6.33. The highest BCUT2D eigenvalue weighted by Crippen LogP contribution is 2.26. The number of amides is 1. The van der Waals surface area contributed by atoms with Gasteiger partial charge in [0.15, 0.2) is 0 Å². The first-order valence-corrected chi connectivity index (χ1v) is 10.2. The fourth-order valence-electron chi connectivity index (χ4n) is 2.88. The number of rotatable bonds is 7. The van der Waals surface area contributed by atoms with Gasteiger partial charge in [-0.2, -0.15) is 0 Å². The number of anilines is 1. The Bertz CT molecular complexity index is 1010. The molecule has 0 radical (unpaired) electrons. The Balaban J connectivity index is 1.72. The number of nitrogens with zero attached hydrogens (tertiary/aromatic N) is 1. The van der Waals surface area contributed by atoms with Gasteiger partial charge in [-0.3, -0.25) is 9.78 Å². The van der Waals surface area contributed by atoms with Crippen molar-refractivity contribution in [3.63, 3.8) is 0 Å². The third kappa shape index (κ3) is 5.65. The van der Waals surface area contributed by atoms with Crippen LogP contribution in [-0.4, -0.2) is 17.5 Å². The molecular weight excluding hydrogens is 432 g/mol. The summed E-state index contributed by atoms with van der Waals surface area (Å²) in [6.07, 6.45) is -0.109. The molecule has 150 valence electrons. The van der Waals surface area contributed by atoms with Crippen molar-refractivity contribution in [3.05, 3.63) is 82.1 Å². The van der Waals surface area contributed by atoms with Crippen molar-refractivity contribution in [2.75, 3.05) is 11.9 Å². The minimum absolute atomic E-state index is 0.109. The Hall–Kier alpha value is -2.70. The second-order valence-corrected chi connectivity index (χ2v) is 7.42. The Morgan fingerprint density at radius 3 is 2.52 bits per heavy atom. The maximum Gasteiger partial charge on any atom is 0.257 e. The van der Waals surface area contributed by atoms with Crippen LogP contribution in [0.3, 0.4) is 0 Å². The number of aryl methyl sites for hydroxylation is 1. The van der Waals surface area contributed by atoms with E-state index in [0.717, 1.165) is 10.2 Å². The maximum absolute atomic E-state index is 12.7. The summed E-state index contributed by atoms with van der Waals surface area (Å²) in [5.74, 6) is 1.13. The molecule has 0 aliphatic heterocycles. The van der Waals surface area contributed by atoms with Crippen molar-refractivity contribution in [2.24, 2.45) is 0 Å². The van der Waals surface area contributed by atoms with Gasteiger partial charge in [0.05, 0.1) is 23.1 Å². The predicted octanol–water partition coefficient (Wildman–Crippen LogP) is 6.29. The Morgan fingerprint density at radius 2 is 1.83 bits per heavy atom. The largest absolute Gasteiger partial charge is 0.457 e. The summed E-state index contributed by atoms with van der Waals surface area (Å²) in [5.41, 5.74) is 2.64. The van der Waals surface area contributed by atoms with Gasteiger partial charge in [-0.15, -0.1) is 0 Å². The summed E-state index contributed by atoms with van der Waals surface area (Å²) in [4.78, 5) is 17.2. The molecule has 1 aromatic heterocycles. The SMILES string of the molecule is CCOC(C)c1ccc(C(=O)Nc2cccc(Oc3cccc(Br)c3)c2)c(C)n1. The van der Waals surface area contributed by atoms with Crippen LogP contribution in [0.25, 0.3) is 0 Å². The minimum atomic E-state index is -0.217. The topological polar surface area (TPSA) is 60.5 Å². The van der Waals surface area contributed by atoms with Gasteiger partial charge in [0.1, 0.15) is 11.5 Å². The number of benzene rings is 2. The van der Waals surface area contributed by atoms with Crippen molar-refractivity contribution in [1.82, 2.24) is 4.98 Å². The van der Waals surface area contributed by atoms with Gasteiger partial charge in [-0.25, -0.2) is 0 Å². The average Bonchev–Trinajstić information content (AvgIpc) is 2.68. The van der Waals surface area contributed by atoms with E-state index in [1.807, 2.05) is 69.3 Å². The normalized spacial score (nSPS) is 11.7. The molecular formula is C23H23BrN2O3. The lowest BCUT2D eigenvalue weighted by molar-refractivity contribution is 0.0732. The Morgan fingerprint density at radius 1 is 1.10 bits per heavy atom. The van der Waals surface area contributed by atoms with Crippen molar-refractivity contribution in [3.8, 4) is 11.5 Å². The maximum atomic E-state index is 12.7. The molecule has 1 N–H and O–H groups in total. The zero-order valence-corrected chi connectivity index (χ0v) is 18.2. The summed E-state index contributed by atoms with van der Waals surface area (Å²) >= 11 is 3.43. The lowest BCUT2D eigenvalue weighted by atomic mass is 10.1. The number of halogens is 1. The standard InChI is InChI=1S/C23H23BrN2O3/c1-4-28-16(3)22-12-11-21(15(2)25-22)23(27)26-18-8-6-10-20(14-18)29-19-9-5-7-17(24)13-19/h5-14,16H,4H2,1-3H3,(H,26,27). The van der Waals surface area contributed by atoms with Crippen molar-refractivity contribution in [1.29, 1.82) is 0 Å². The van der Waals surface area contributed by atoms with E-state index in [4.69, 9.17) is 9.47 Å². The van der Waals surface area contributed by atoms with Gasteiger partial charge >= 0.3 is 0 Å². The summed E-state index contributed by atoms with van der Waals surface area (Å²) in [7, 11) is 0. The van der Waals surface area contributed by atoms with Crippen molar-refractivity contribution < 1.29 is 14.3 Å². The zero-order chi connectivity index (χ0) is 20.8. The van der Waals surface area contributed by atoms with Crippen LogP contribution < -0.4 is 10.1 Å². The highest BCUT2D eigenvalue weighted by molar-refractivity contribution is 9.10. The number of hydrogen-bond donors (Lipinski definition) is 1. The molecule has 0 aliphatic rings. The molecule has 6 heteroatoms. The number of ether oxygens (including phenoxy) is 2. The molecule has 3 rings (SSSR count). The van der Waals surface area contributed by atoms with E-state index in [-0.39, 0.29) is 12.0 Å². The first kappa shape index (κ1) is 21.0. The highest BCUT2D eigenvalue weighted by atomic mass is 79.9. The molecule has 2 aromatic carbocycles. The van der Waals surface area contributed by atoms with E-state index in [1.165, 1.54) is 0 Å².